The van der Waals surface area contributed by atoms with Gasteiger partial charge >= 0.3 is 39.5 Å². The summed E-state index contributed by atoms with van der Waals surface area (Å²) in [5.74, 6) is 0.871. The summed E-state index contributed by atoms with van der Waals surface area (Å²) < 4.78 is 68.4. The number of esters is 4. The van der Waals surface area contributed by atoms with E-state index in [-0.39, 0.29) is 25.7 Å². The molecule has 93 heavy (non-hydrogen) atoms. The van der Waals surface area contributed by atoms with Crippen molar-refractivity contribution in [2.75, 3.05) is 39.6 Å². The molecule has 0 aromatic carbocycles. The van der Waals surface area contributed by atoms with Crippen LogP contribution in [0.5, 0.6) is 0 Å². The van der Waals surface area contributed by atoms with Crippen LogP contribution in [0.4, 0.5) is 0 Å². The number of aliphatic hydroxyl groups excluding tert-OH is 1. The van der Waals surface area contributed by atoms with Crippen LogP contribution >= 0.6 is 15.6 Å². The topological polar surface area (TPSA) is 237 Å². The highest BCUT2D eigenvalue weighted by atomic mass is 31.2. The summed E-state index contributed by atoms with van der Waals surface area (Å²) in [4.78, 5) is 72.7. The Bertz CT molecular complexity index is 1830. The molecule has 552 valence electrons. The van der Waals surface area contributed by atoms with Gasteiger partial charge in [-0.15, -0.1) is 0 Å². The summed E-state index contributed by atoms with van der Waals surface area (Å²) in [6.45, 7) is 14.1. The zero-order chi connectivity index (χ0) is 68.9. The molecule has 0 amide bonds. The average molecular weight is 1370 g/mol. The molecule has 0 saturated carbocycles. The molecule has 0 aliphatic heterocycles. The fraction of sp³-hybridized carbons (Fsp3) is 0.946. The molecule has 3 unspecified atom stereocenters. The van der Waals surface area contributed by atoms with E-state index in [1.54, 1.807) is 0 Å². The van der Waals surface area contributed by atoms with Gasteiger partial charge in [0.15, 0.2) is 12.2 Å². The van der Waals surface area contributed by atoms with Crippen molar-refractivity contribution >= 4 is 39.5 Å². The van der Waals surface area contributed by atoms with Gasteiger partial charge in [-0.3, -0.25) is 37.3 Å². The third-order valence-electron chi connectivity index (χ3n) is 17.1. The van der Waals surface area contributed by atoms with E-state index in [9.17, 15) is 43.2 Å². The van der Waals surface area contributed by atoms with E-state index in [0.717, 1.165) is 114 Å². The van der Waals surface area contributed by atoms with Gasteiger partial charge in [-0.2, -0.15) is 0 Å². The van der Waals surface area contributed by atoms with Gasteiger partial charge < -0.3 is 33.8 Å². The van der Waals surface area contributed by atoms with Crippen LogP contribution < -0.4 is 0 Å². The quantitative estimate of drug-likeness (QED) is 0.0222. The molecule has 0 aromatic rings. The summed E-state index contributed by atoms with van der Waals surface area (Å²) in [5.41, 5.74) is 0. The molecule has 0 aromatic heterocycles. The second kappa shape index (κ2) is 63.5. The Morgan fingerprint density at radius 2 is 0.452 bits per heavy atom. The molecule has 5 atom stereocenters. The van der Waals surface area contributed by atoms with Crippen molar-refractivity contribution in [3.8, 4) is 0 Å². The lowest BCUT2D eigenvalue weighted by atomic mass is 10.0. The maximum atomic E-state index is 13.0. The Labute approximate surface area is 568 Å². The predicted molar refractivity (Wildman–Crippen MR) is 377 cm³/mol. The van der Waals surface area contributed by atoms with Crippen molar-refractivity contribution in [3.05, 3.63) is 0 Å². The van der Waals surface area contributed by atoms with Crippen molar-refractivity contribution in [3.63, 3.8) is 0 Å². The van der Waals surface area contributed by atoms with Gasteiger partial charge in [0.1, 0.15) is 19.3 Å². The van der Waals surface area contributed by atoms with Crippen LogP contribution in [0.2, 0.25) is 0 Å². The van der Waals surface area contributed by atoms with Crippen LogP contribution in [0.3, 0.4) is 0 Å². The molecule has 0 saturated heterocycles. The van der Waals surface area contributed by atoms with E-state index in [0.29, 0.717) is 31.6 Å². The molecule has 0 radical (unpaired) electrons. The molecule has 0 fully saturated rings. The third-order valence-corrected chi connectivity index (χ3v) is 19.0. The Morgan fingerprint density at radius 1 is 0.269 bits per heavy atom. The zero-order valence-electron chi connectivity index (χ0n) is 60.9. The summed E-state index contributed by atoms with van der Waals surface area (Å²) in [5, 5.41) is 10.6. The highest BCUT2D eigenvalue weighted by molar-refractivity contribution is 7.47. The fourth-order valence-electron chi connectivity index (χ4n) is 11.2. The van der Waals surface area contributed by atoms with Crippen LogP contribution in [0.15, 0.2) is 0 Å². The largest absolute Gasteiger partial charge is 0.472 e. The van der Waals surface area contributed by atoms with E-state index < -0.39 is 97.5 Å². The first-order valence-corrected chi connectivity index (χ1v) is 41.2. The average Bonchev–Trinajstić information content (AvgIpc) is 2.04. The van der Waals surface area contributed by atoms with Crippen molar-refractivity contribution in [1.29, 1.82) is 0 Å². The second-order valence-electron chi connectivity index (χ2n) is 28.6. The Hall–Kier alpha value is -1.94. The van der Waals surface area contributed by atoms with Gasteiger partial charge in [0.25, 0.3) is 0 Å². The van der Waals surface area contributed by atoms with Crippen LogP contribution in [0.25, 0.3) is 0 Å². The van der Waals surface area contributed by atoms with Crippen LogP contribution in [0.1, 0.15) is 370 Å². The molecule has 19 heteroatoms. The van der Waals surface area contributed by atoms with Crippen molar-refractivity contribution in [2.24, 2.45) is 23.7 Å². The SMILES string of the molecule is CC(C)CCCCCCCCCCCCCCCCCC(=O)O[C@H](COC(=O)CCCCCCCCCC(C)C)COP(=O)(O)OCC(O)COP(=O)(O)OC[C@@H](COC(=O)CCCCCCCCCCCCCC(C)C)OC(=O)CCCCCCCCCCC(C)C. The summed E-state index contributed by atoms with van der Waals surface area (Å²) in [7, 11) is -9.91. The molecule has 3 N–H and O–H groups in total. The predicted octanol–water partition coefficient (Wildman–Crippen LogP) is 21.3. The molecule has 0 bridgehead atoms. The van der Waals surface area contributed by atoms with Gasteiger partial charge in [0.05, 0.1) is 26.4 Å². The summed E-state index contributed by atoms with van der Waals surface area (Å²) in [6.07, 6.45) is 47.3. The van der Waals surface area contributed by atoms with Gasteiger partial charge in [0.2, 0.25) is 0 Å². The number of rotatable bonds is 71. The number of hydrogen-bond donors (Lipinski definition) is 3. The van der Waals surface area contributed by atoms with E-state index in [1.165, 1.54) is 167 Å². The zero-order valence-corrected chi connectivity index (χ0v) is 62.7. The molecule has 0 spiro atoms. The molecular weight excluding hydrogens is 1220 g/mol. The lowest BCUT2D eigenvalue weighted by molar-refractivity contribution is -0.161. The number of phosphoric ester groups is 2. The lowest BCUT2D eigenvalue weighted by Crippen LogP contribution is -2.30. The third kappa shape index (κ3) is 68.4. The number of aliphatic hydroxyl groups is 1. The Balaban J connectivity index is 5.22. The standard InChI is InChI=1S/C74H144O17P2/c1-64(2)50-42-34-26-19-15-12-10-9-11-13-17-22-31-40-48-56-73(78)90-70(61-85-72(77)55-47-39-33-25-29-37-45-53-67(7)8)63-89-93(82,83)87-59-68(75)58-86-92(80,81)88-62-69(91-74(79)57-49-41-32-24-23-28-36-44-52-66(5)6)60-84-71(76)54-46-38-30-21-18-14-16-20-27-35-43-51-65(3)4/h64-70,75H,9-63H2,1-8H3,(H,80,81)(H,82,83)/t68?,69-,70-/m1/s1. The first-order chi connectivity index (χ1) is 44.6. The smallest absolute Gasteiger partial charge is 0.462 e. The summed E-state index contributed by atoms with van der Waals surface area (Å²) in [6, 6.07) is 0. The fourth-order valence-corrected chi connectivity index (χ4v) is 12.8. The van der Waals surface area contributed by atoms with Gasteiger partial charge in [-0.05, 0) is 49.4 Å². The normalized spacial score (nSPS) is 14.2. The van der Waals surface area contributed by atoms with Crippen molar-refractivity contribution < 1.29 is 80.2 Å². The van der Waals surface area contributed by atoms with E-state index in [1.807, 2.05) is 0 Å². The number of hydrogen-bond acceptors (Lipinski definition) is 15. The lowest BCUT2D eigenvalue weighted by Gasteiger charge is -2.21. The summed E-state index contributed by atoms with van der Waals surface area (Å²) >= 11 is 0. The van der Waals surface area contributed by atoms with Gasteiger partial charge in [0, 0.05) is 25.7 Å². The highest BCUT2D eigenvalue weighted by Gasteiger charge is 2.30. The van der Waals surface area contributed by atoms with E-state index >= 15 is 0 Å². The number of phosphoric acid groups is 2. The van der Waals surface area contributed by atoms with E-state index in [2.05, 4.69) is 55.4 Å². The molecule has 0 rings (SSSR count). The molecule has 0 aliphatic carbocycles. The second-order valence-corrected chi connectivity index (χ2v) is 31.5. The maximum Gasteiger partial charge on any atom is 0.472 e. The van der Waals surface area contributed by atoms with E-state index in [4.69, 9.17) is 37.0 Å². The molecular formula is C74H144O17P2. The highest BCUT2D eigenvalue weighted by Crippen LogP contribution is 2.45. The Kier molecular flexibility index (Phi) is 62.2. The van der Waals surface area contributed by atoms with Gasteiger partial charge in [-0.1, -0.05) is 319 Å². The minimum Gasteiger partial charge on any atom is -0.462 e. The van der Waals surface area contributed by atoms with Crippen molar-refractivity contribution in [2.45, 2.75) is 388 Å². The van der Waals surface area contributed by atoms with Crippen LogP contribution in [-0.4, -0.2) is 96.7 Å². The molecule has 17 nitrogen and oxygen atoms in total. The first-order valence-electron chi connectivity index (χ1n) is 38.2. The van der Waals surface area contributed by atoms with Crippen LogP contribution in [0, 0.1) is 23.7 Å². The number of unbranched alkanes of at least 4 members (excludes halogenated alkanes) is 37. The number of carbonyl (C=O) groups is 4. The monoisotopic (exact) mass is 1370 g/mol. The first kappa shape index (κ1) is 91.1. The number of carbonyl (C=O) groups excluding carboxylic acids is 4. The number of ether oxygens (including phenoxy) is 4. The van der Waals surface area contributed by atoms with Gasteiger partial charge in [-0.25, -0.2) is 9.13 Å². The van der Waals surface area contributed by atoms with Crippen LogP contribution in [-0.2, 0) is 65.4 Å². The molecule has 0 aliphatic rings. The minimum atomic E-state index is -4.95. The minimum absolute atomic E-state index is 0.104. The molecule has 0 heterocycles. The van der Waals surface area contributed by atoms with Crippen molar-refractivity contribution in [1.82, 2.24) is 0 Å². The maximum absolute atomic E-state index is 13.0. The Morgan fingerprint density at radius 3 is 0.667 bits per heavy atom.